The first-order valence-corrected chi connectivity index (χ1v) is 7.17. The molecule has 1 atom stereocenters. The number of fused-ring (bicyclic) bond motifs is 1. The van der Waals surface area contributed by atoms with Gasteiger partial charge in [-0.05, 0) is 61.3 Å². The predicted octanol–water partition coefficient (Wildman–Crippen LogP) is 3.51. The van der Waals surface area contributed by atoms with Crippen molar-refractivity contribution in [1.29, 1.82) is 0 Å². The number of ether oxygens (including phenoxy) is 1. The van der Waals surface area contributed by atoms with Gasteiger partial charge in [-0.15, -0.1) is 0 Å². The van der Waals surface area contributed by atoms with Crippen molar-refractivity contribution in [1.82, 2.24) is 0 Å². The fourth-order valence-electron chi connectivity index (χ4n) is 2.79. The number of rotatable bonds is 4. The molecule has 2 nitrogen and oxygen atoms in total. The van der Waals surface area contributed by atoms with Gasteiger partial charge in [-0.1, -0.05) is 18.5 Å². The van der Waals surface area contributed by atoms with Crippen molar-refractivity contribution in [3.8, 4) is 5.75 Å². The zero-order valence-electron chi connectivity index (χ0n) is 11.3. The minimum absolute atomic E-state index is 0.223. The number of hydrogen-bond acceptors (Lipinski definition) is 2. The highest BCUT2D eigenvalue weighted by atomic mass is 35.5. The molecule has 2 rings (SSSR count). The molecule has 0 radical (unpaired) electrons. The Bertz CT molecular complexity index is 431. The van der Waals surface area contributed by atoms with E-state index in [1.54, 1.807) is 7.11 Å². The lowest BCUT2D eigenvalue weighted by Gasteiger charge is -2.24. The highest BCUT2D eigenvalue weighted by Crippen LogP contribution is 2.38. The van der Waals surface area contributed by atoms with Crippen LogP contribution in [0.5, 0.6) is 5.75 Å². The molecule has 1 aliphatic rings. The summed E-state index contributed by atoms with van der Waals surface area (Å²) in [6.45, 7) is 2.13. The summed E-state index contributed by atoms with van der Waals surface area (Å²) in [5.41, 5.74) is 10.2. The Morgan fingerprint density at radius 3 is 2.61 bits per heavy atom. The minimum Gasteiger partial charge on any atom is -0.495 e. The second-order valence-electron chi connectivity index (χ2n) is 5.09. The lowest BCUT2D eigenvalue weighted by Crippen LogP contribution is -2.23. The molecule has 0 saturated carbocycles. The maximum absolute atomic E-state index is 6.33. The van der Waals surface area contributed by atoms with Crippen LogP contribution in [0.1, 0.15) is 42.9 Å². The molecule has 18 heavy (non-hydrogen) atoms. The molecular formula is C15H22ClNO. The molecular weight excluding hydrogens is 246 g/mol. The van der Waals surface area contributed by atoms with Gasteiger partial charge in [0.1, 0.15) is 5.75 Å². The summed E-state index contributed by atoms with van der Waals surface area (Å²) in [7, 11) is 1.70. The Labute approximate surface area is 114 Å². The maximum Gasteiger partial charge on any atom is 0.140 e. The van der Waals surface area contributed by atoms with Crippen molar-refractivity contribution in [3.05, 3.63) is 27.8 Å². The van der Waals surface area contributed by atoms with E-state index in [4.69, 9.17) is 22.1 Å². The van der Waals surface area contributed by atoms with Crippen LogP contribution in [-0.2, 0) is 19.3 Å². The van der Waals surface area contributed by atoms with E-state index in [1.165, 1.54) is 29.5 Å². The summed E-state index contributed by atoms with van der Waals surface area (Å²) in [6.07, 6.45) is 6.61. The zero-order valence-corrected chi connectivity index (χ0v) is 12.0. The van der Waals surface area contributed by atoms with Gasteiger partial charge >= 0.3 is 0 Å². The molecule has 0 spiro atoms. The molecule has 0 aromatic heterocycles. The van der Waals surface area contributed by atoms with Crippen LogP contribution in [0.2, 0.25) is 5.02 Å². The topological polar surface area (TPSA) is 35.2 Å². The van der Waals surface area contributed by atoms with Crippen molar-refractivity contribution >= 4 is 11.6 Å². The smallest absolute Gasteiger partial charge is 0.140 e. The first-order chi connectivity index (χ1) is 8.67. The predicted molar refractivity (Wildman–Crippen MR) is 76.6 cm³/mol. The quantitative estimate of drug-likeness (QED) is 0.906. The van der Waals surface area contributed by atoms with Gasteiger partial charge in [0.25, 0.3) is 0 Å². The van der Waals surface area contributed by atoms with E-state index in [2.05, 4.69) is 13.0 Å². The Morgan fingerprint density at radius 1 is 1.33 bits per heavy atom. The third-order valence-electron chi connectivity index (χ3n) is 3.86. The van der Waals surface area contributed by atoms with Gasteiger partial charge in [0, 0.05) is 6.04 Å². The van der Waals surface area contributed by atoms with Crippen LogP contribution in [0.25, 0.3) is 0 Å². The Morgan fingerprint density at radius 2 is 2.00 bits per heavy atom. The molecule has 1 unspecified atom stereocenters. The second kappa shape index (κ2) is 5.94. The van der Waals surface area contributed by atoms with Gasteiger partial charge in [-0.2, -0.15) is 0 Å². The van der Waals surface area contributed by atoms with Gasteiger partial charge in [0.15, 0.2) is 0 Å². The normalized spacial score (nSPS) is 16.2. The summed E-state index contributed by atoms with van der Waals surface area (Å²) in [5, 5.41) is 0.733. The lowest BCUT2D eigenvalue weighted by molar-refractivity contribution is 0.406. The molecule has 1 aromatic carbocycles. The van der Waals surface area contributed by atoms with Crippen LogP contribution < -0.4 is 10.5 Å². The van der Waals surface area contributed by atoms with Crippen molar-refractivity contribution in [3.63, 3.8) is 0 Å². The Balaban J connectivity index is 2.44. The first-order valence-electron chi connectivity index (χ1n) is 6.80. The zero-order chi connectivity index (χ0) is 13.1. The van der Waals surface area contributed by atoms with Crippen molar-refractivity contribution in [2.45, 2.75) is 51.5 Å². The van der Waals surface area contributed by atoms with Gasteiger partial charge in [0.2, 0.25) is 0 Å². The molecule has 0 amide bonds. The maximum atomic E-state index is 6.33. The van der Waals surface area contributed by atoms with E-state index in [1.807, 2.05) is 0 Å². The highest BCUT2D eigenvalue weighted by molar-refractivity contribution is 6.32. The number of halogens is 1. The third kappa shape index (κ3) is 2.65. The Kier molecular flexibility index (Phi) is 4.52. The number of methoxy groups -OCH3 is 1. The van der Waals surface area contributed by atoms with Crippen LogP contribution in [0.4, 0.5) is 0 Å². The highest BCUT2D eigenvalue weighted by Gasteiger charge is 2.21. The number of hydrogen-bond donors (Lipinski definition) is 1. The van der Waals surface area contributed by atoms with Crippen LogP contribution in [0.15, 0.2) is 6.07 Å². The van der Waals surface area contributed by atoms with Crippen molar-refractivity contribution in [2.75, 3.05) is 7.11 Å². The molecule has 0 bridgehead atoms. The van der Waals surface area contributed by atoms with Gasteiger partial charge in [-0.3, -0.25) is 0 Å². The fourth-order valence-corrected chi connectivity index (χ4v) is 3.11. The van der Waals surface area contributed by atoms with Crippen LogP contribution >= 0.6 is 11.6 Å². The first kappa shape index (κ1) is 13.7. The van der Waals surface area contributed by atoms with E-state index in [9.17, 15) is 0 Å². The SMILES string of the molecule is CCC(N)Cc1cc(Cl)c(OC)c2c1CCCC2. The number of nitrogens with two attached hydrogens (primary N) is 1. The molecule has 100 valence electrons. The molecule has 0 saturated heterocycles. The summed E-state index contributed by atoms with van der Waals surface area (Å²) in [4.78, 5) is 0. The summed E-state index contributed by atoms with van der Waals surface area (Å²) >= 11 is 6.33. The van der Waals surface area contributed by atoms with E-state index in [0.29, 0.717) is 0 Å². The molecule has 1 aliphatic carbocycles. The second-order valence-corrected chi connectivity index (χ2v) is 5.49. The van der Waals surface area contributed by atoms with Gasteiger partial charge in [0.05, 0.1) is 12.1 Å². The monoisotopic (exact) mass is 267 g/mol. The van der Waals surface area contributed by atoms with Gasteiger partial charge < -0.3 is 10.5 Å². The molecule has 0 fully saturated rings. The molecule has 2 N–H and O–H groups in total. The van der Waals surface area contributed by atoms with E-state index in [0.717, 1.165) is 36.5 Å². The molecule has 1 aromatic rings. The average molecular weight is 268 g/mol. The standard InChI is InChI=1S/C15H22ClNO/c1-3-11(17)8-10-9-14(16)15(18-2)13-7-5-4-6-12(10)13/h9,11H,3-8,17H2,1-2H3. The molecule has 0 heterocycles. The van der Waals surface area contributed by atoms with E-state index in [-0.39, 0.29) is 6.04 Å². The number of benzene rings is 1. The Hall–Kier alpha value is -0.730. The van der Waals surface area contributed by atoms with E-state index >= 15 is 0 Å². The molecule has 3 heteroatoms. The van der Waals surface area contributed by atoms with Crippen molar-refractivity contribution < 1.29 is 4.74 Å². The van der Waals surface area contributed by atoms with Crippen LogP contribution in [0, 0.1) is 0 Å². The lowest BCUT2D eigenvalue weighted by atomic mass is 9.85. The third-order valence-corrected chi connectivity index (χ3v) is 4.14. The largest absolute Gasteiger partial charge is 0.495 e. The fraction of sp³-hybridized carbons (Fsp3) is 0.600. The van der Waals surface area contributed by atoms with E-state index < -0.39 is 0 Å². The summed E-state index contributed by atoms with van der Waals surface area (Å²) < 4.78 is 5.47. The summed E-state index contributed by atoms with van der Waals surface area (Å²) in [6, 6.07) is 2.28. The minimum atomic E-state index is 0.223. The van der Waals surface area contributed by atoms with Crippen LogP contribution in [0.3, 0.4) is 0 Å². The summed E-state index contributed by atoms with van der Waals surface area (Å²) in [5.74, 6) is 0.875. The van der Waals surface area contributed by atoms with Gasteiger partial charge in [-0.25, -0.2) is 0 Å². The molecule has 0 aliphatic heterocycles. The average Bonchev–Trinajstić information content (AvgIpc) is 2.39. The van der Waals surface area contributed by atoms with Crippen LogP contribution in [-0.4, -0.2) is 13.2 Å². The van der Waals surface area contributed by atoms with Crippen molar-refractivity contribution in [2.24, 2.45) is 5.73 Å².